The van der Waals surface area contributed by atoms with Crippen LogP contribution in [0.4, 0.5) is 65.9 Å². The van der Waals surface area contributed by atoms with Crippen molar-refractivity contribution in [2.45, 2.75) is 94.6 Å². The van der Waals surface area contributed by atoms with E-state index in [9.17, 15) is 70.7 Å². The average Bonchev–Trinajstić information content (AvgIpc) is 2.75. The van der Waals surface area contributed by atoms with Crippen molar-refractivity contribution in [3.63, 3.8) is 0 Å². The summed E-state index contributed by atoms with van der Waals surface area (Å²) in [6.07, 6.45) is -7.02. The average molecular weight is 582 g/mol. The molecule has 0 aromatic carbocycles. The first-order chi connectivity index (χ1) is 16.4. The molecule has 0 radical (unpaired) electrons. The summed E-state index contributed by atoms with van der Waals surface area (Å²) in [5.41, 5.74) is 0. The highest BCUT2D eigenvalue weighted by molar-refractivity contribution is 5.84. The van der Waals surface area contributed by atoms with Gasteiger partial charge in [-0.15, -0.1) is 0 Å². The summed E-state index contributed by atoms with van der Waals surface area (Å²) in [6, 6.07) is 0. The minimum Gasteiger partial charge on any atom is -0.270 e. The van der Waals surface area contributed by atoms with Gasteiger partial charge in [0.2, 0.25) is 0 Å². The summed E-state index contributed by atoms with van der Waals surface area (Å²) in [4.78, 5) is 12.3. The van der Waals surface area contributed by atoms with Gasteiger partial charge in [0, 0.05) is 19.6 Å². The zero-order valence-corrected chi connectivity index (χ0v) is 19.6. The first kappa shape index (κ1) is 35.4. The molecule has 0 saturated carbocycles. The lowest BCUT2D eigenvalue weighted by molar-refractivity contribution is -0.450. The summed E-state index contributed by atoms with van der Waals surface area (Å²) in [6.45, 7) is 2.89. The fourth-order valence-electron chi connectivity index (χ4n) is 2.88. The monoisotopic (exact) mass is 582 g/mol. The van der Waals surface area contributed by atoms with Crippen LogP contribution in [0.15, 0.2) is 0 Å². The molecule has 0 atom stereocenters. The van der Waals surface area contributed by atoms with E-state index in [0.29, 0.717) is 17.9 Å². The van der Waals surface area contributed by atoms with E-state index in [-0.39, 0.29) is 37.4 Å². The number of carbonyl (C=O) groups is 1. The minimum atomic E-state index is -8.42. The first-order valence-corrected chi connectivity index (χ1v) is 10.8. The van der Waals surface area contributed by atoms with Crippen LogP contribution in [0.5, 0.6) is 0 Å². The molecule has 37 heavy (non-hydrogen) atoms. The molecule has 0 aromatic heterocycles. The van der Waals surface area contributed by atoms with Crippen LogP contribution in [0.25, 0.3) is 0 Å². The van der Waals surface area contributed by atoms with Crippen molar-refractivity contribution in [3.8, 4) is 0 Å². The molecular weight excluding hydrogens is 557 g/mol. The highest BCUT2D eigenvalue weighted by atomic mass is 19.4. The predicted molar refractivity (Wildman–Crippen MR) is 99.1 cm³/mol. The molecule has 18 heteroatoms. The second kappa shape index (κ2) is 11.6. The molecule has 0 aliphatic carbocycles. The molecule has 0 aromatic rings. The van der Waals surface area contributed by atoms with Crippen molar-refractivity contribution in [3.05, 3.63) is 0 Å². The van der Waals surface area contributed by atoms with Gasteiger partial charge in [-0.25, -0.2) is 5.01 Å². The summed E-state index contributed by atoms with van der Waals surface area (Å²) >= 11 is 0. The highest BCUT2D eigenvalue weighted by Crippen LogP contribution is 2.62. The summed E-state index contributed by atoms with van der Waals surface area (Å²) in [5.74, 6) is -51.2. The number of hydrogen-bond acceptors (Lipinski definition) is 2. The van der Waals surface area contributed by atoms with Gasteiger partial charge in [-0.2, -0.15) is 65.9 Å². The van der Waals surface area contributed by atoms with E-state index in [1.807, 2.05) is 0 Å². The second-order valence-electron chi connectivity index (χ2n) is 8.03. The molecule has 1 amide bonds. The summed E-state index contributed by atoms with van der Waals surface area (Å²) in [7, 11) is 0. The van der Waals surface area contributed by atoms with Crippen LogP contribution in [-0.4, -0.2) is 77.3 Å². The Kier molecular flexibility index (Phi) is 11.1. The maximum absolute atomic E-state index is 14.5. The van der Waals surface area contributed by atoms with Gasteiger partial charge in [-0.3, -0.25) is 9.80 Å². The molecule has 0 unspecified atom stereocenters. The number of amides is 1. The van der Waals surface area contributed by atoms with Crippen LogP contribution in [0, 0.1) is 0 Å². The van der Waals surface area contributed by atoms with E-state index in [4.69, 9.17) is 0 Å². The SMILES string of the molecule is CCCCN(CCCC)N(CCC)C(=O)C(F)(F)C(F)(F)C(F)(F)C(F)(F)C(F)(F)C(F)(F)C(F)(F)F. The van der Waals surface area contributed by atoms with Crippen LogP contribution in [-0.2, 0) is 4.79 Å². The Morgan fingerprint density at radius 1 is 0.514 bits per heavy atom. The van der Waals surface area contributed by atoms with Gasteiger partial charge in [0.25, 0.3) is 0 Å². The molecule has 0 aliphatic heterocycles. The number of carbonyl (C=O) groups excluding carboxylic acids is 1. The van der Waals surface area contributed by atoms with Crippen molar-refractivity contribution in [2.24, 2.45) is 0 Å². The third-order valence-corrected chi connectivity index (χ3v) is 5.15. The van der Waals surface area contributed by atoms with E-state index in [1.165, 1.54) is 6.92 Å². The third-order valence-electron chi connectivity index (χ3n) is 5.15. The van der Waals surface area contributed by atoms with Gasteiger partial charge in [0.05, 0.1) is 0 Å². The lowest BCUT2D eigenvalue weighted by Crippen LogP contribution is -2.74. The Hall–Kier alpha value is -1.62. The number of hydrazine groups is 1. The molecule has 0 fully saturated rings. The van der Waals surface area contributed by atoms with Gasteiger partial charge < -0.3 is 0 Å². The Morgan fingerprint density at radius 2 is 0.865 bits per heavy atom. The lowest BCUT2D eigenvalue weighted by Gasteiger charge is -2.43. The van der Waals surface area contributed by atoms with Crippen LogP contribution < -0.4 is 0 Å². The molecular formula is C19H25F15N2O. The maximum Gasteiger partial charge on any atom is 0.460 e. The molecule has 0 N–H and O–H groups in total. The van der Waals surface area contributed by atoms with Crippen molar-refractivity contribution in [2.75, 3.05) is 19.6 Å². The molecule has 222 valence electrons. The fourth-order valence-corrected chi connectivity index (χ4v) is 2.88. The van der Waals surface area contributed by atoms with E-state index >= 15 is 0 Å². The topological polar surface area (TPSA) is 23.6 Å². The Balaban J connectivity index is 6.73. The maximum atomic E-state index is 14.5. The molecule has 0 heterocycles. The van der Waals surface area contributed by atoms with Crippen molar-refractivity contribution < 1.29 is 70.7 Å². The largest absolute Gasteiger partial charge is 0.460 e. The number of unbranched alkanes of at least 4 members (excludes halogenated alkanes) is 2. The predicted octanol–water partition coefficient (Wildman–Crippen LogP) is 7.42. The van der Waals surface area contributed by atoms with E-state index in [1.54, 1.807) is 13.8 Å². The Labute approximate surface area is 201 Å². The normalized spacial score (nSPS) is 14.9. The lowest BCUT2D eigenvalue weighted by atomic mass is 9.90. The molecule has 0 aliphatic rings. The standard InChI is InChI=1S/C19H25F15N2O/c1-4-7-10-35(11-8-5-2)36(9-6-3)12(37)13(20,21)14(22,23)15(24,25)16(26,27)17(28,29)18(30,31)19(32,33)34/h4-11H2,1-3H3. The number of hydrogen-bond donors (Lipinski definition) is 0. The van der Waals surface area contributed by atoms with Gasteiger partial charge in [-0.05, 0) is 19.3 Å². The van der Waals surface area contributed by atoms with E-state index < -0.39 is 54.2 Å². The van der Waals surface area contributed by atoms with Crippen molar-refractivity contribution in [1.82, 2.24) is 10.0 Å². The van der Waals surface area contributed by atoms with E-state index in [2.05, 4.69) is 0 Å². The first-order valence-electron chi connectivity index (χ1n) is 10.8. The van der Waals surface area contributed by atoms with Gasteiger partial charge >= 0.3 is 47.6 Å². The molecule has 3 nitrogen and oxygen atoms in total. The fraction of sp³-hybridized carbons (Fsp3) is 0.947. The van der Waals surface area contributed by atoms with Gasteiger partial charge in [-0.1, -0.05) is 33.6 Å². The number of rotatable bonds is 15. The van der Waals surface area contributed by atoms with E-state index in [0.717, 1.165) is 0 Å². The summed E-state index contributed by atoms with van der Waals surface area (Å²) < 4.78 is 202. The highest BCUT2D eigenvalue weighted by Gasteiger charge is 2.94. The van der Waals surface area contributed by atoms with Crippen molar-refractivity contribution in [1.29, 1.82) is 0 Å². The number of alkyl halides is 15. The quantitative estimate of drug-likeness (QED) is 0.148. The van der Waals surface area contributed by atoms with Crippen molar-refractivity contribution >= 4 is 5.91 Å². The third kappa shape index (κ3) is 6.02. The Bertz CT molecular complexity index is 744. The second-order valence-corrected chi connectivity index (χ2v) is 8.03. The van der Waals surface area contributed by atoms with Crippen LogP contribution in [0.3, 0.4) is 0 Å². The molecule has 0 spiro atoms. The smallest absolute Gasteiger partial charge is 0.270 e. The Morgan fingerprint density at radius 3 is 1.19 bits per heavy atom. The molecule has 0 bridgehead atoms. The number of nitrogens with zero attached hydrogens (tertiary/aromatic N) is 2. The van der Waals surface area contributed by atoms with Crippen LogP contribution in [0.2, 0.25) is 0 Å². The number of halogens is 15. The van der Waals surface area contributed by atoms with Crippen LogP contribution in [0.1, 0.15) is 52.9 Å². The zero-order chi connectivity index (χ0) is 29.9. The molecule has 0 saturated heterocycles. The molecule has 0 rings (SSSR count). The van der Waals surface area contributed by atoms with Gasteiger partial charge in [0.15, 0.2) is 0 Å². The van der Waals surface area contributed by atoms with Crippen LogP contribution >= 0.6 is 0 Å². The summed E-state index contributed by atoms with van der Waals surface area (Å²) in [5, 5.41) is 0.529. The minimum absolute atomic E-state index is 0.131. The van der Waals surface area contributed by atoms with Gasteiger partial charge in [0.1, 0.15) is 0 Å². The zero-order valence-electron chi connectivity index (χ0n) is 19.6.